The summed E-state index contributed by atoms with van der Waals surface area (Å²) < 4.78 is 28.0. The van der Waals surface area contributed by atoms with Gasteiger partial charge < -0.3 is 15.0 Å². The molecule has 2 rings (SSSR count). The topological polar surface area (TPSA) is 76.9 Å². The lowest BCUT2D eigenvalue weighted by molar-refractivity contribution is -0.894. The summed E-state index contributed by atoms with van der Waals surface area (Å²) in [5.41, 5.74) is 0.702. The molecule has 21 heavy (non-hydrogen) atoms. The lowest BCUT2D eigenvalue weighted by Gasteiger charge is -2.19. The Morgan fingerprint density at radius 3 is 2.57 bits per heavy atom. The van der Waals surface area contributed by atoms with Gasteiger partial charge in [-0.1, -0.05) is 0 Å². The quantitative estimate of drug-likeness (QED) is 0.756. The Bertz CT molecular complexity index is 598. The fourth-order valence-electron chi connectivity index (χ4n) is 2.46. The number of ether oxygens (including phenoxy) is 1. The smallest absolute Gasteiger partial charge is 0.279 e. The first kappa shape index (κ1) is 15.8. The predicted octanol–water partition coefficient (Wildman–Crippen LogP) is -0.664. The molecule has 2 N–H and O–H groups in total. The maximum absolute atomic E-state index is 12.0. The molecule has 1 amide bonds. The van der Waals surface area contributed by atoms with E-state index in [2.05, 4.69) is 5.32 Å². The fraction of sp³-hybridized carbons (Fsp3) is 0.500. The number of hydrogen-bond donors (Lipinski definition) is 2. The largest absolute Gasteiger partial charge is 0.497 e. The van der Waals surface area contributed by atoms with E-state index >= 15 is 0 Å². The number of anilines is 1. The van der Waals surface area contributed by atoms with E-state index in [1.807, 2.05) is 7.05 Å². The van der Waals surface area contributed by atoms with E-state index in [1.165, 1.54) is 0 Å². The van der Waals surface area contributed by atoms with Gasteiger partial charge in [-0.2, -0.15) is 0 Å². The maximum atomic E-state index is 12.0. The molecule has 0 bridgehead atoms. The number of methoxy groups -OCH3 is 1. The zero-order chi connectivity index (χ0) is 15.5. The number of benzene rings is 1. The highest BCUT2D eigenvalue weighted by Crippen LogP contribution is 2.14. The summed E-state index contributed by atoms with van der Waals surface area (Å²) in [6.07, 6.45) is 0.629. The van der Waals surface area contributed by atoms with Crippen molar-refractivity contribution in [1.29, 1.82) is 0 Å². The molecule has 1 heterocycles. The zero-order valence-corrected chi connectivity index (χ0v) is 13.1. The molecule has 116 valence electrons. The summed E-state index contributed by atoms with van der Waals surface area (Å²) in [4.78, 5) is 12.9. The number of carbonyl (C=O) groups excluding carboxylic acids is 1. The first-order valence-corrected chi connectivity index (χ1v) is 8.68. The van der Waals surface area contributed by atoms with Crippen molar-refractivity contribution in [3.63, 3.8) is 0 Å². The number of amides is 1. The summed E-state index contributed by atoms with van der Waals surface area (Å²) in [6, 6.07) is 7.10. The zero-order valence-electron chi connectivity index (χ0n) is 12.3. The van der Waals surface area contributed by atoms with Crippen LogP contribution in [-0.4, -0.2) is 52.6 Å². The number of quaternary nitrogens is 1. The van der Waals surface area contributed by atoms with Crippen LogP contribution in [0.1, 0.15) is 6.42 Å². The third-order valence-electron chi connectivity index (χ3n) is 3.74. The molecule has 0 aromatic heterocycles. The van der Waals surface area contributed by atoms with Gasteiger partial charge in [0.05, 0.1) is 19.9 Å². The summed E-state index contributed by atoms with van der Waals surface area (Å²) in [5, 5.41) is 2.80. The Kier molecular flexibility index (Phi) is 4.84. The van der Waals surface area contributed by atoms with Crippen molar-refractivity contribution in [2.75, 3.05) is 37.5 Å². The monoisotopic (exact) mass is 313 g/mol. The molecule has 1 aromatic rings. The van der Waals surface area contributed by atoms with Gasteiger partial charge in [0.2, 0.25) is 0 Å². The van der Waals surface area contributed by atoms with E-state index in [-0.39, 0.29) is 30.0 Å². The van der Waals surface area contributed by atoms with Crippen molar-refractivity contribution in [2.45, 2.75) is 12.5 Å². The molecular weight excluding hydrogens is 292 g/mol. The van der Waals surface area contributed by atoms with Crippen LogP contribution in [0.3, 0.4) is 0 Å². The molecule has 0 saturated carbocycles. The van der Waals surface area contributed by atoms with E-state index in [4.69, 9.17) is 4.74 Å². The first-order chi connectivity index (χ1) is 9.89. The fourth-order valence-corrected chi connectivity index (χ4v) is 4.34. The number of hydrogen-bond acceptors (Lipinski definition) is 4. The number of sulfone groups is 1. The van der Waals surface area contributed by atoms with Gasteiger partial charge in [0.25, 0.3) is 5.91 Å². The molecule has 1 fully saturated rings. The predicted molar refractivity (Wildman–Crippen MR) is 80.4 cm³/mol. The first-order valence-electron chi connectivity index (χ1n) is 6.86. The minimum atomic E-state index is -2.91. The second-order valence-electron chi connectivity index (χ2n) is 5.40. The maximum Gasteiger partial charge on any atom is 0.279 e. The number of rotatable bonds is 5. The van der Waals surface area contributed by atoms with Crippen LogP contribution in [0.2, 0.25) is 0 Å². The number of nitrogens with one attached hydrogen (secondary N) is 2. The highest BCUT2D eigenvalue weighted by molar-refractivity contribution is 7.91. The molecule has 0 radical (unpaired) electrons. The van der Waals surface area contributed by atoms with Crippen LogP contribution in [0, 0.1) is 0 Å². The third-order valence-corrected chi connectivity index (χ3v) is 5.51. The van der Waals surface area contributed by atoms with Gasteiger partial charge >= 0.3 is 0 Å². The van der Waals surface area contributed by atoms with Crippen LogP contribution < -0.4 is 15.0 Å². The molecule has 1 unspecified atom stereocenters. The highest BCUT2D eigenvalue weighted by Gasteiger charge is 2.34. The minimum Gasteiger partial charge on any atom is -0.497 e. The average Bonchev–Trinajstić information content (AvgIpc) is 2.80. The van der Waals surface area contributed by atoms with Gasteiger partial charge in [0, 0.05) is 12.1 Å². The molecule has 1 aliphatic rings. The van der Waals surface area contributed by atoms with Gasteiger partial charge in [0.15, 0.2) is 16.4 Å². The van der Waals surface area contributed by atoms with E-state index in [0.29, 0.717) is 12.1 Å². The Labute approximate surface area is 125 Å². The van der Waals surface area contributed by atoms with Crippen LogP contribution >= 0.6 is 0 Å². The average molecular weight is 313 g/mol. The van der Waals surface area contributed by atoms with Crippen LogP contribution in [0.5, 0.6) is 5.75 Å². The third kappa shape index (κ3) is 4.44. The van der Waals surface area contributed by atoms with Crippen molar-refractivity contribution >= 4 is 21.4 Å². The second-order valence-corrected chi connectivity index (χ2v) is 7.63. The van der Waals surface area contributed by atoms with E-state index in [9.17, 15) is 13.2 Å². The van der Waals surface area contributed by atoms with Crippen LogP contribution in [0.15, 0.2) is 24.3 Å². The number of carbonyl (C=O) groups is 1. The van der Waals surface area contributed by atoms with Gasteiger partial charge in [-0.15, -0.1) is 0 Å². The van der Waals surface area contributed by atoms with Gasteiger partial charge in [-0.05, 0) is 24.3 Å². The Hall–Kier alpha value is -1.60. The lowest BCUT2D eigenvalue weighted by atomic mass is 10.2. The molecule has 1 aromatic carbocycles. The van der Waals surface area contributed by atoms with E-state index in [1.54, 1.807) is 31.4 Å². The molecule has 7 heteroatoms. The SMILES string of the molecule is COc1ccc(NC(=O)C[NH+](C)[C@H]2CCS(=O)(=O)C2)cc1. The molecule has 1 saturated heterocycles. The second kappa shape index (κ2) is 6.44. The summed E-state index contributed by atoms with van der Waals surface area (Å²) >= 11 is 0. The van der Waals surface area contributed by atoms with Crippen LogP contribution in [0.25, 0.3) is 0 Å². The van der Waals surface area contributed by atoms with Crippen LogP contribution in [0.4, 0.5) is 5.69 Å². The normalized spacial score (nSPS) is 21.7. The van der Waals surface area contributed by atoms with Crippen molar-refractivity contribution in [2.24, 2.45) is 0 Å². The van der Waals surface area contributed by atoms with E-state index < -0.39 is 9.84 Å². The van der Waals surface area contributed by atoms with Crippen molar-refractivity contribution in [3.05, 3.63) is 24.3 Å². The van der Waals surface area contributed by atoms with Crippen LogP contribution in [-0.2, 0) is 14.6 Å². The molecule has 2 atom stereocenters. The van der Waals surface area contributed by atoms with Gasteiger partial charge in [-0.25, -0.2) is 8.42 Å². The summed E-state index contributed by atoms with van der Waals surface area (Å²) in [6.45, 7) is 0.256. The molecule has 0 spiro atoms. The van der Waals surface area contributed by atoms with Gasteiger partial charge in [0.1, 0.15) is 17.5 Å². The Balaban J connectivity index is 1.86. The van der Waals surface area contributed by atoms with Crippen molar-refractivity contribution in [3.8, 4) is 5.75 Å². The van der Waals surface area contributed by atoms with Crippen molar-refractivity contribution in [1.82, 2.24) is 0 Å². The van der Waals surface area contributed by atoms with Crippen molar-refractivity contribution < 1.29 is 22.8 Å². The molecule has 1 aliphatic heterocycles. The highest BCUT2D eigenvalue weighted by atomic mass is 32.2. The molecule has 6 nitrogen and oxygen atoms in total. The summed E-state index contributed by atoms with van der Waals surface area (Å²) in [7, 11) is 0.536. The summed E-state index contributed by atoms with van der Waals surface area (Å²) in [5.74, 6) is 1.01. The molecular formula is C14H21N2O4S+. The molecule has 0 aliphatic carbocycles. The Morgan fingerprint density at radius 1 is 1.38 bits per heavy atom. The van der Waals surface area contributed by atoms with E-state index in [0.717, 1.165) is 10.6 Å². The minimum absolute atomic E-state index is 0.0108. The number of likely N-dealkylation sites (N-methyl/N-ethyl adjacent to an activating group) is 1. The standard InChI is InChI=1S/C14H20N2O4S/c1-16(12-7-8-21(18,19)10-12)9-14(17)15-11-3-5-13(20-2)6-4-11/h3-6,12H,7-10H2,1-2H3,(H,15,17)/p+1/t12-/m0/s1. The Morgan fingerprint density at radius 2 is 2.05 bits per heavy atom. The lowest BCUT2D eigenvalue weighted by Crippen LogP contribution is -3.14. The van der Waals surface area contributed by atoms with Gasteiger partial charge in [-0.3, -0.25) is 4.79 Å².